The summed E-state index contributed by atoms with van der Waals surface area (Å²) in [6.07, 6.45) is -5.01. The van der Waals surface area contributed by atoms with Crippen molar-refractivity contribution < 1.29 is 32.4 Å². The van der Waals surface area contributed by atoms with E-state index < -0.39 is 35.2 Å². The maximum absolute atomic E-state index is 12.2. The summed E-state index contributed by atoms with van der Waals surface area (Å²) in [5.41, 5.74) is -1.00. The van der Waals surface area contributed by atoms with Gasteiger partial charge in [0.25, 0.3) is 5.69 Å². The third-order valence-electron chi connectivity index (χ3n) is 2.36. The van der Waals surface area contributed by atoms with E-state index >= 15 is 0 Å². The third-order valence-corrected chi connectivity index (χ3v) is 2.36. The normalized spacial score (nSPS) is 11.1. The number of rotatable bonds is 4. The van der Waals surface area contributed by atoms with E-state index in [0.717, 1.165) is 7.11 Å². The molecule has 0 radical (unpaired) electrons. The summed E-state index contributed by atoms with van der Waals surface area (Å²) in [5.74, 6) is -1.78. The topological polar surface area (TPSA) is 91.6 Å². The molecule has 0 aliphatic carbocycles. The van der Waals surface area contributed by atoms with Crippen LogP contribution in [0.3, 0.4) is 0 Å². The quantitative estimate of drug-likeness (QED) is 0.478. The molecule has 0 bridgehead atoms. The molecule has 0 amide bonds. The molecule has 0 aliphatic heterocycles. The zero-order chi connectivity index (χ0) is 15.5. The monoisotopic (exact) mass is 294 g/mol. The van der Waals surface area contributed by atoms with E-state index in [2.05, 4.69) is 14.5 Å². The van der Waals surface area contributed by atoms with Crippen molar-refractivity contribution in [3.05, 3.63) is 27.4 Å². The maximum Gasteiger partial charge on any atom is 0.574 e. The minimum atomic E-state index is -5.03. The molecule has 0 saturated carbocycles. The molecule has 7 nitrogen and oxygen atoms in total. The molecule has 110 valence electrons. The van der Waals surface area contributed by atoms with Crippen molar-refractivity contribution in [3.63, 3.8) is 0 Å². The number of hydrogen-bond donors (Lipinski definition) is 0. The van der Waals surface area contributed by atoms with Crippen molar-refractivity contribution in [1.29, 1.82) is 0 Å². The van der Waals surface area contributed by atoms with Crippen molar-refractivity contribution >= 4 is 11.7 Å². The molecule has 20 heavy (non-hydrogen) atoms. The van der Waals surface area contributed by atoms with Gasteiger partial charge in [0.05, 0.1) is 18.5 Å². The van der Waals surface area contributed by atoms with Gasteiger partial charge in [0.2, 0.25) is 5.88 Å². The first-order valence-corrected chi connectivity index (χ1v) is 5.11. The van der Waals surface area contributed by atoms with Gasteiger partial charge in [-0.25, -0.2) is 4.98 Å². The van der Waals surface area contributed by atoms with Crippen molar-refractivity contribution in [1.82, 2.24) is 4.98 Å². The summed E-state index contributed by atoms with van der Waals surface area (Å²) in [6, 6.07) is 0. The van der Waals surface area contributed by atoms with Gasteiger partial charge in [-0.05, 0) is 6.92 Å². The van der Waals surface area contributed by atoms with E-state index in [1.807, 2.05) is 0 Å². The molecule has 1 aromatic rings. The lowest BCUT2D eigenvalue weighted by atomic mass is 10.1. The zero-order valence-corrected chi connectivity index (χ0v) is 10.4. The summed E-state index contributed by atoms with van der Waals surface area (Å²) in [4.78, 5) is 24.3. The number of alkyl halides is 3. The van der Waals surface area contributed by atoms with Crippen LogP contribution in [0.1, 0.15) is 11.1 Å². The van der Waals surface area contributed by atoms with Crippen LogP contribution in [0.5, 0.6) is 5.88 Å². The van der Waals surface area contributed by atoms with E-state index in [4.69, 9.17) is 0 Å². The molecule has 10 heteroatoms. The SMILES string of the molecule is COC(=O)Cc1c(OC(F)(F)F)ncc([N+](=O)[O-])c1C. The maximum atomic E-state index is 12.2. The molecular weight excluding hydrogens is 285 g/mol. The van der Waals surface area contributed by atoms with Crippen LogP contribution in [0.2, 0.25) is 0 Å². The van der Waals surface area contributed by atoms with Crippen LogP contribution in [-0.4, -0.2) is 29.3 Å². The second kappa shape index (κ2) is 5.72. The highest BCUT2D eigenvalue weighted by atomic mass is 19.4. The summed E-state index contributed by atoms with van der Waals surface area (Å²) < 4.78 is 44.6. The predicted octanol–water partition coefficient (Wildman–Crippen LogP) is 1.91. The summed E-state index contributed by atoms with van der Waals surface area (Å²) in [7, 11) is 1.03. The highest BCUT2D eigenvalue weighted by Crippen LogP contribution is 2.31. The molecule has 0 unspecified atom stereocenters. The van der Waals surface area contributed by atoms with Gasteiger partial charge in [-0.3, -0.25) is 14.9 Å². The van der Waals surface area contributed by atoms with Gasteiger partial charge in [-0.1, -0.05) is 0 Å². The van der Waals surface area contributed by atoms with Gasteiger partial charge in [-0.15, -0.1) is 13.2 Å². The van der Waals surface area contributed by atoms with Crippen molar-refractivity contribution in [2.75, 3.05) is 7.11 Å². The number of hydrogen-bond acceptors (Lipinski definition) is 6. The van der Waals surface area contributed by atoms with Gasteiger partial charge in [0, 0.05) is 11.1 Å². The highest BCUT2D eigenvalue weighted by molar-refractivity contribution is 5.74. The smallest absolute Gasteiger partial charge is 0.469 e. The van der Waals surface area contributed by atoms with E-state index in [9.17, 15) is 28.1 Å². The van der Waals surface area contributed by atoms with Gasteiger partial charge >= 0.3 is 12.3 Å². The molecule has 0 N–H and O–H groups in total. The lowest BCUT2D eigenvalue weighted by molar-refractivity contribution is -0.385. The average molecular weight is 294 g/mol. The molecule has 0 atom stereocenters. The highest BCUT2D eigenvalue weighted by Gasteiger charge is 2.34. The van der Waals surface area contributed by atoms with Crippen LogP contribution < -0.4 is 4.74 Å². The van der Waals surface area contributed by atoms with Crippen LogP contribution in [-0.2, 0) is 16.0 Å². The second-order valence-corrected chi connectivity index (χ2v) is 3.61. The zero-order valence-electron chi connectivity index (χ0n) is 10.4. The first kappa shape index (κ1) is 15.7. The Morgan fingerprint density at radius 1 is 1.50 bits per heavy atom. The van der Waals surface area contributed by atoms with Crippen molar-refractivity contribution in [2.24, 2.45) is 0 Å². The molecule has 1 heterocycles. The Bertz CT molecular complexity index is 544. The standard InChI is InChI=1S/C10H9F3N2O5/c1-5-6(3-8(16)19-2)9(20-10(11,12)13)14-4-7(5)15(17)18/h4H,3H2,1-2H3. The minimum absolute atomic E-state index is 0.144. The number of halogens is 3. The number of carbonyl (C=O) groups excluding carboxylic acids is 1. The van der Waals surface area contributed by atoms with E-state index in [-0.39, 0.29) is 11.1 Å². The van der Waals surface area contributed by atoms with Crippen LogP contribution >= 0.6 is 0 Å². The van der Waals surface area contributed by atoms with E-state index in [1.54, 1.807) is 0 Å². The van der Waals surface area contributed by atoms with Gasteiger partial charge in [-0.2, -0.15) is 0 Å². The molecule has 0 aromatic carbocycles. The molecule has 1 rings (SSSR count). The fourth-order valence-electron chi connectivity index (χ4n) is 1.42. The molecular formula is C10H9F3N2O5. The second-order valence-electron chi connectivity index (χ2n) is 3.61. The lowest BCUT2D eigenvalue weighted by Gasteiger charge is -2.13. The van der Waals surface area contributed by atoms with Gasteiger partial charge in [0.15, 0.2) is 0 Å². The van der Waals surface area contributed by atoms with Crippen LogP contribution in [0.25, 0.3) is 0 Å². The van der Waals surface area contributed by atoms with Crippen molar-refractivity contribution in [3.8, 4) is 5.88 Å². The number of methoxy groups -OCH3 is 1. The summed E-state index contributed by atoms with van der Waals surface area (Å²) in [5, 5.41) is 10.7. The Labute approximate surface area is 110 Å². The third kappa shape index (κ3) is 3.80. The minimum Gasteiger partial charge on any atom is -0.469 e. The number of esters is 1. The molecule has 0 saturated heterocycles. The van der Waals surface area contributed by atoms with Gasteiger partial charge < -0.3 is 9.47 Å². The number of nitrogens with zero attached hydrogens (tertiary/aromatic N) is 2. The Morgan fingerprint density at radius 3 is 2.55 bits per heavy atom. The fraction of sp³-hybridized carbons (Fsp3) is 0.400. The fourth-order valence-corrected chi connectivity index (χ4v) is 1.42. The van der Waals surface area contributed by atoms with E-state index in [0.29, 0.717) is 6.20 Å². The molecule has 1 aromatic heterocycles. The number of nitro groups is 1. The molecule has 0 aliphatic rings. The number of pyridine rings is 1. The predicted molar refractivity (Wildman–Crippen MR) is 58.0 cm³/mol. The number of carbonyl (C=O) groups is 1. The average Bonchev–Trinajstić information content (AvgIpc) is 2.31. The molecule has 0 fully saturated rings. The first-order valence-electron chi connectivity index (χ1n) is 5.11. The Balaban J connectivity index is 3.33. The van der Waals surface area contributed by atoms with Crippen LogP contribution in [0.15, 0.2) is 6.20 Å². The summed E-state index contributed by atoms with van der Waals surface area (Å²) >= 11 is 0. The summed E-state index contributed by atoms with van der Waals surface area (Å²) in [6.45, 7) is 1.20. The van der Waals surface area contributed by atoms with Crippen LogP contribution in [0, 0.1) is 17.0 Å². The largest absolute Gasteiger partial charge is 0.574 e. The molecule has 0 spiro atoms. The Morgan fingerprint density at radius 2 is 2.10 bits per heavy atom. The lowest BCUT2D eigenvalue weighted by Crippen LogP contribution is -2.20. The number of ether oxygens (including phenoxy) is 2. The Kier molecular flexibility index (Phi) is 4.48. The van der Waals surface area contributed by atoms with E-state index in [1.165, 1.54) is 6.92 Å². The van der Waals surface area contributed by atoms with Crippen LogP contribution in [0.4, 0.5) is 18.9 Å². The number of aromatic nitrogens is 1. The van der Waals surface area contributed by atoms with Crippen molar-refractivity contribution in [2.45, 2.75) is 19.7 Å². The Hall–Kier alpha value is -2.39. The first-order chi connectivity index (χ1) is 9.15. The van der Waals surface area contributed by atoms with Gasteiger partial charge in [0.1, 0.15) is 6.20 Å².